The maximum atomic E-state index is 12.7. The fraction of sp³-hybridized carbons (Fsp3) is 0.167. The van der Waals surface area contributed by atoms with Crippen molar-refractivity contribution in [1.29, 1.82) is 0 Å². The van der Waals surface area contributed by atoms with Crippen molar-refractivity contribution < 1.29 is 14.3 Å². The van der Waals surface area contributed by atoms with Crippen molar-refractivity contribution >= 4 is 23.2 Å². The van der Waals surface area contributed by atoms with E-state index in [0.29, 0.717) is 22.6 Å². The molecule has 2 N–H and O–H groups in total. The Bertz CT molecular complexity index is 1050. The predicted octanol–water partition coefficient (Wildman–Crippen LogP) is 5.13. The summed E-state index contributed by atoms with van der Waals surface area (Å²) < 4.78 is 5.31. The van der Waals surface area contributed by atoms with E-state index >= 15 is 0 Å². The maximum absolute atomic E-state index is 12.7. The number of amides is 2. The summed E-state index contributed by atoms with van der Waals surface area (Å²) in [5, 5.41) is 5.80. The smallest absolute Gasteiger partial charge is 0.255 e. The standard InChI is InChI=1S/C24H24N2O3/c1-15-11-12-21(29-4)20(13-15)25-23(27)18-9-6-10-19(14-18)24(28)26-22-16(2)7-5-8-17(22)3/h5-14H,1-4H3,(H,25,27)(H,26,28). The normalized spacial score (nSPS) is 10.3. The van der Waals surface area contributed by atoms with E-state index in [2.05, 4.69) is 10.6 Å². The van der Waals surface area contributed by atoms with E-state index in [0.717, 1.165) is 22.4 Å². The molecular weight excluding hydrogens is 364 g/mol. The molecule has 0 spiro atoms. The molecule has 0 bridgehead atoms. The van der Waals surface area contributed by atoms with E-state index in [1.54, 1.807) is 37.4 Å². The first-order chi connectivity index (χ1) is 13.9. The van der Waals surface area contributed by atoms with Gasteiger partial charge in [0.25, 0.3) is 11.8 Å². The number of aryl methyl sites for hydroxylation is 3. The number of methoxy groups -OCH3 is 1. The molecule has 29 heavy (non-hydrogen) atoms. The summed E-state index contributed by atoms with van der Waals surface area (Å²) in [7, 11) is 1.55. The molecule has 0 aromatic heterocycles. The molecule has 0 unspecified atom stereocenters. The van der Waals surface area contributed by atoms with Gasteiger partial charge in [-0.3, -0.25) is 9.59 Å². The quantitative estimate of drug-likeness (QED) is 0.637. The lowest BCUT2D eigenvalue weighted by molar-refractivity contribution is 0.102. The molecule has 0 saturated carbocycles. The topological polar surface area (TPSA) is 67.4 Å². The summed E-state index contributed by atoms with van der Waals surface area (Å²) in [5.74, 6) is 0.00804. The molecule has 0 radical (unpaired) electrons. The van der Waals surface area contributed by atoms with Gasteiger partial charge in [0.15, 0.2) is 0 Å². The third-order valence-corrected chi connectivity index (χ3v) is 4.71. The van der Waals surface area contributed by atoms with Crippen LogP contribution in [0.15, 0.2) is 60.7 Å². The molecule has 3 rings (SSSR count). The number of rotatable bonds is 5. The predicted molar refractivity (Wildman–Crippen MR) is 116 cm³/mol. The van der Waals surface area contributed by atoms with Gasteiger partial charge in [-0.05, 0) is 67.8 Å². The molecule has 0 aliphatic carbocycles. The lowest BCUT2D eigenvalue weighted by Gasteiger charge is -2.13. The van der Waals surface area contributed by atoms with Crippen molar-refractivity contribution in [2.45, 2.75) is 20.8 Å². The number of benzene rings is 3. The fourth-order valence-corrected chi connectivity index (χ4v) is 3.11. The summed E-state index contributed by atoms with van der Waals surface area (Å²) >= 11 is 0. The second-order valence-electron chi connectivity index (χ2n) is 6.96. The van der Waals surface area contributed by atoms with E-state index in [1.807, 2.05) is 51.1 Å². The minimum Gasteiger partial charge on any atom is -0.495 e. The van der Waals surface area contributed by atoms with Crippen molar-refractivity contribution in [2.24, 2.45) is 0 Å². The highest BCUT2D eigenvalue weighted by molar-refractivity contribution is 6.09. The molecule has 0 aliphatic heterocycles. The average molecular weight is 388 g/mol. The number of para-hydroxylation sites is 1. The van der Waals surface area contributed by atoms with E-state index in [9.17, 15) is 9.59 Å². The van der Waals surface area contributed by atoms with Crippen LogP contribution in [0.25, 0.3) is 0 Å². The van der Waals surface area contributed by atoms with Gasteiger partial charge >= 0.3 is 0 Å². The lowest BCUT2D eigenvalue weighted by Crippen LogP contribution is -2.16. The zero-order valence-corrected chi connectivity index (χ0v) is 17.0. The molecule has 5 heteroatoms. The number of nitrogens with one attached hydrogen (secondary N) is 2. The number of anilines is 2. The summed E-state index contributed by atoms with van der Waals surface area (Å²) in [6, 6.07) is 18.0. The van der Waals surface area contributed by atoms with E-state index in [1.165, 1.54) is 0 Å². The van der Waals surface area contributed by atoms with Gasteiger partial charge < -0.3 is 15.4 Å². The summed E-state index contributed by atoms with van der Waals surface area (Å²) in [6.45, 7) is 5.83. The second-order valence-corrected chi connectivity index (χ2v) is 6.96. The minimum absolute atomic E-state index is 0.259. The van der Waals surface area contributed by atoms with Gasteiger partial charge in [-0.1, -0.05) is 30.3 Å². The van der Waals surface area contributed by atoms with Crippen molar-refractivity contribution in [3.63, 3.8) is 0 Å². The maximum Gasteiger partial charge on any atom is 0.255 e. The molecule has 5 nitrogen and oxygen atoms in total. The highest BCUT2D eigenvalue weighted by atomic mass is 16.5. The Kier molecular flexibility index (Phi) is 5.98. The van der Waals surface area contributed by atoms with Crippen LogP contribution in [0.3, 0.4) is 0 Å². The van der Waals surface area contributed by atoms with Crippen LogP contribution in [-0.4, -0.2) is 18.9 Å². The van der Waals surface area contributed by atoms with E-state index in [-0.39, 0.29) is 11.8 Å². The minimum atomic E-state index is -0.310. The van der Waals surface area contributed by atoms with E-state index in [4.69, 9.17) is 4.74 Å². The number of ether oxygens (including phenoxy) is 1. The summed E-state index contributed by atoms with van der Waals surface area (Å²) in [4.78, 5) is 25.5. The monoisotopic (exact) mass is 388 g/mol. The molecule has 0 atom stereocenters. The Morgan fingerprint density at radius 2 is 1.34 bits per heavy atom. The van der Waals surface area contributed by atoms with Crippen LogP contribution in [0.4, 0.5) is 11.4 Å². The van der Waals surface area contributed by atoms with Crippen LogP contribution >= 0.6 is 0 Å². The molecule has 0 fully saturated rings. The Hall–Kier alpha value is -3.60. The average Bonchev–Trinajstić information content (AvgIpc) is 2.71. The molecule has 2 amide bonds. The number of hydrogen-bond donors (Lipinski definition) is 2. The molecule has 0 saturated heterocycles. The SMILES string of the molecule is COc1ccc(C)cc1NC(=O)c1cccc(C(=O)Nc2c(C)cccc2C)c1. The molecule has 3 aromatic carbocycles. The fourth-order valence-electron chi connectivity index (χ4n) is 3.11. The van der Waals surface area contributed by atoms with Crippen molar-refractivity contribution in [1.82, 2.24) is 0 Å². The molecule has 0 aliphatic rings. The van der Waals surface area contributed by atoms with Crippen LogP contribution in [0.2, 0.25) is 0 Å². The van der Waals surface area contributed by atoms with Crippen LogP contribution in [-0.2, 0) is 0 Å². The van der Waals surface area contributed by atoms with E-state index < -0.39 is 0 Å². The molecule has 0 heterocycles. The van der Waals surface area contributed by atoms with Gasteiger partial charge in [0.1, 0.15) is 5.75 Å². The zero-order valence-electron chi connectivity index (χ0n) is 17.0. The Morgan fingerprint density at radius 3 is 1.97 bits per heavy atom. The summed E-state index contributed by atoms with van der Waals surface area (Å²) in [5.41, 5.74) is 5.15. The highest BCUT2D eigenvalue weighted by Crippen LogP contribution is 2.26. The van der Waals surface area contributed by atoms with Gasteiger partial charge in [0.05, 0.1) is 12.8 Å². The lowest BCUT2D eigenvalue weighted by atomic mass is 10.1. The largest absolute Gasteiger partial charge is 0.495 e. The van der Waals surface area contributed by atoms with Crippen molar-refractivity contribution in [3.8, 4) is 5.75 Å². The third-order valence-electron chi connectivity index (χ3n) is 4.71. The molecule has 148 valence electrons. The van der Waals surface area contributed by atoms with Gasteiger partial charge in [-0.15, -0.1) is 0 Å². The third kappa shape index (κ3) is 4.63. The van der Waals surface area contributed by atoms with Gasteiger partial charge in [-0.25, -0.2) is 0 Å². The van der Waals surface area contributed by atoms with Crippen LogP contribution in [0.1, 0.15) is 37.4 Å². The second kappa shape index (κ2) is 8.61. The number of carbonyl (C=O) groups is 2. The number of carbonyl (C=O) groups excluding carboxylic acids is 2. The molecule has 3 aromatic rings. The zero-order chi connectivity index (χ0) is 21.0. The molecular formula is C24H24N2O3. The summed E-state index contributed by atoms with van der Waals surface area (Å²) in [6.07, 6.45) is 0. The Balaban J connectivity index is 1.81. The number of hydrogen-bond acceptors (Lipinski definition) is 3. The van der Waals surface area contributed by atoms with Gasteiger partial charge in [-0.2, -0.15) is 0 Å². The van der Waals surface area contributed by atoms with Gasteiger partial charge in [0.2, 0.25) is 0 Å². The van der Waals surface area contributed by atoms with Crippen LogP contribution in [0.5, 0.6) is 5.75 Å². The first-order valence-electron chi connectivity index (χ1n) is 9.32. The Morgan fingerprint density at radius 1 is 0.759 bits per heavy atom. The van der Waals surface area contributed by atoms with Crippen molar-refractivity contribution in [2.75, 3.05) is 17.7 Å². The first kappa shape index (κ1) is 20.1. The van der Waals surface area contributed by atoms with Crippen molar-refractivity contribution in [3.05, 3.63) is 88.5 Å². The van der Waals surface area contributed by atoms with Gasteiger partial charge in [0, 0.05) is 16.8 Å². The van der Waals surface area contributed by atoms with Crippen LogP contribution in [0, 0.1) is 20.8 Å². The van der Waals surface area contributed by atoms with Crippen LogP contribution < -0.4 is 15.4 Å². The highest BCUT2D eigenvalue weighted by Gasteiger charge is 2.14. The Labute approximate surface area is 170 Å². The first-order valence-corrected chi connectivity index (χ1v) is 9.32.